The first kappa shape index (κ1) is 21.0. The summed E-state index contributed by atoms with van der Waals surface area (Å²) in [4.78, 5) is 33.2. The Morgan fingerprint density at radius 1 is 1.32 bits per heavy atom. The van der Waals surface area contributed by atoms with Gasteiger partial charge < -0.3 is 20.9 Å². The van der Waals surface area contributed by atoms with Gasteiger partial charge in [0.15, 0.2) is 0 Å². The van der Waals surface area contributed by atoms with Crippen molar-refractivity contribution in [2.75, 3.05) is 33.2 Å². The third-order valence-corrected chi connectivity index (χ3v) is 5.90. The topological polar surface area (TPSA) is 116 Å². The number of aliphatic imine (C=N–C) groups is 1. The molecule has 1 unspecified atom stereocenters. The zero-order valence-corrected chi connectivity index (χ0v) is 17.9. The van der Waals surface area contributed by atoms with Crippen molar-refractivity contribution in [3.8, 4) is 0 Å². The lowest BCUT2D eigenvalue weighted by molar-refractivity contribution is 0.163. The van der Waals surface area contributed by atoms with Gasteiger partial charge in [0.05, 0.1) is 18.8 Å². The third kappa shape index (κ3) is 5.11. The lowest BCUT2D eigenvalue weighted by Crippen LogP contribution is -2.53. The zero-order valence-electron chi connectivity index (χ0n) is 17.9. The number of amides is 2. The van der Waals surface area contributed by atoms with Gasteiger partial charge in [0.2, 0.25) is 0 Å². The van der Waals surface area contributed by atoms with Gasteiger partial charge in [-0.05, 0) is 31.5 Å². The molecule has 0 bridgehead atoms. The van der Waals surface area contributed by atoms with Gasteiger partial charge in [-0.15, -0.1) is 0 Å². The van der Waals surface area contributed by atoms with Crippen molar-refractivity contribution in [1.29, 1.82) is 0 Å². The number of carbonyl (C=O) groups is 1. The summed E-state index contributed by atoms with van der Waals surface area (Å²) in [7, 11) is 1.75. The smallest absolute Gasteiger partial charge is 0.317 e. The van der Waals surface area contributed by atoms with Crippen LogP contribution < -0.4 is 11.1 Å². The number of carbonyl (C=O) groups excluding carboxylic acids is 1. The van der Waals surface area contributed by atoms with Crippen LogP contribution in [0.1, 0.15) is 30.7 Å². The highest BCUT2D eigenvalue weighted by atomic mass is 16.2. The van der Waals surface area contributed by atoms with Crippen molar-refractivity contribution < 1.29 is 4.79 Å². The minimum Gasteiger partial charge on any atom is -0.402 e. The van der Waals surface area contributed by atoms with Gasteiger partial charge in [-0.3, -0.25) is 14.9 Å². The second-order valence-electron chi connectivity index (χ2n) is 8.04. The summed E-state index contributed by atoms with van der Waals surface area (Å²) in [6.07, 6.45) is 9.76. The summed E-state index contributed by atoms with van der Waals surface area (Å²) in [6, 6.07) is 3.91. The van der Waals surface area contributed by atoms with Crippen LogP contribution in [0.15, 0.2) is 53.2 Å². The molecule has 2 aliphatic rings. The van der Waals surface area contributed by atoms with E-state index in [9.17, 15) is 4.79 Å². The Morgan fingerprint density at radius 2 is 2.16 bits per heavy atom. The van der Waals surface area contributed by atoms with Crippen molar-refractivity contribution >= 4 is 11.7 Å². The summed E-state index contributed by atoms with van der Waals surface area (Å²) >= 11 is 0. The number of hydrogen-bond donors (Lipinski definition) is 3. The Labute approximate surface area is 182 Å². The van der Waals surface area contributed by atoms with E-state index in [0.717, 1.165) is 60.8 Å². The number of nitrogens with zero attached hydrogens (tertiary/aromatic N) is 5. The van der Waals surface area contributed by atoms with Crippen molar-refractivity contribution in [3.63, 3.8) is 0 Å². The Morgan fingerprint density at radius 3 is 2.90 bits per heavy atom. The highest BCUT2D eigenvalue weighted by Gasteiger charge is 2.28. The first-order chi connectivity index (χ1) is 15.1. The molecule has 0 aliphatic carbocycles. The van der Waals surface area contributed by atoms with Gasteiger partial charge in [0.1, 0.15) is 5.82 Å². The molecular formula is C22H30N8O. The molecule has 0 aromatic carbocycles. The number of H-pyrrole nitrogens is 1. The molecule has 2 aromatic heterocycles. The van der Waals surface area contributed by atoms with Crippen LogP contribution in [0.2, 0.25) is 0 Å². The number of hydrogen-bond acceptors (Lipinski definition) is 6. The first-order valence-corrected chi connectivity index (χ1v) is 10.7. The van der Waals surface area contributed by atoms with Crippen LogP contribution in [-0.2, 0) is 6.54 Å². The largest absolute Gasteiger partial charge is 0.402 e. The number of aromatic amines is 1. The van der Waals surface area contributed by atoms with Crippen molar-refractivity contribution in [3.05, 3.63) is 59.6 Å². The Kier molecular flexibility index (Phi) is 6.61. The summed E-state index contributed by atoms with van der Waals surface area (Å²) in [5.74, 6) is 0.954. The number of nitrogens with one attached hydrogen (secondary N) is 2. The fourth-order valence-electron chi connectivity index (χ4n) is 4.31. The Balaban J connectivity index is 1.38. The predicted octanol–water partition coefficient (Wildman–Crippen LogP) is 1.52. The number of nitrogens with two attached hydrogens (primary N) is 1. The molecule has 2 aliphatic heterocycles. The van der Waals surface area contributed by atoms with Crippen LogP contribution in [0.25, 0.3) is 0 Å². The van der Waals surface area contributed by atoms with Crippen molar-refractivity contribution in [1.82, 2.24) is 30.1 Å². The zero-order chi connectivity index (χ0) is 21.6. The minimum absolute atomic E-state index is 0.0416. The van der Waals surface area contributed by atoms with E-state index >= 15 is 0 Å². The standard InChI is InChI=1S/C22H30N8O/c1-24-21(16-4-7-25-8-5-16)18-14-30(12-6-19(18)23)22(31)28-17-3-2-11-29(13-17)15-20-26-9-10-27-20/h4-5,7-10,17H,2-3,6,11-15,23H2,1H3,(H,26,27)(H,28,31). The number of imidazole rings is 1. The minimum atomic E-state index is -0.0416. The molecule has 1 saturated heterocycles. The predicted molar refractivity (Wildman–Crippen MR) is 120 cm³/mol. The van der Waals surface area contributed by atoms with E-state index in [1.165, 1.54) is 0 Å². The fourth-order valence-corrected chi connectivity index (χ4v) is 4.31. The van der Waals surface area contributed by atoms with Crippen molar-refractivity contribution in [2.24, 2.45) is 10.7 Å². The molecule has 4 rings (SSSR count). The average Bonchev–Trinajstić information content (AvgIpc) is 3.29. The molecule has 0 saturated carbocycles. The van der Waals surface area contributed by atoms with Gasteiger partial charge in [-0.25, -0.2) is 9.78 Å². The van der Waals surface area contributed by atoms with Crippen LogP contribution >= 0.6 is 0 Å². The second kappa shape index (κ2) is 9.74. The molecular weight excluding hydrogens is 392 g/mol. The summed E-state index contributed by atoms with van der Waals surface area (Å²) in [6.45, 7) is 3.67. The maximum absolute atomic E-state index is 13.1. The fraction of sp³-hybridized carbons (Fsp3) is 0.455. The molecule has 31 heavy (non-hydrogen) atoms. The van der Waals surface area contributed by atoms with E-state index in [4.69, 9.17) is 5.73 Å². The molecule has 1 atom stereocenters. The van der Waals surface area contributed by atoms with E-state index in [-0.39, 0.29) is 12.1 Å². The highest BCUT2D eigenvalue weighted by Crippen LogP contribution is 2.20. The molecule has 9 nitrogen and oxygen atoms in total. The lowest BCUT2D eigenvalue weighted by atomic mass is 9.97. The van der Waals surface area contributed by atoms with Gasteiger partial charge >= 0.3 is 6.03 Å². The summed E-state index contributed by atoms with van der Waals surface area (Å²) < 4.78 is 0. The van der Waals surface area contributed by atoms with Crippen molar-refractivity contribution in [2.45, 2.75) is 31.8 Å². The molecule has 1 fully saturated rings. The van der Waals surface area contributed by atoms with Crippen LogP contribution in [-0.4, -0.2) is 75.8 Å². The second-order valence-corrected chi connectivity index (χ2v) is 8.04. The molecule has 4 N–H and O–H groups in total. The maximum atomic E-state index is 13.1. The van der Waals surface area contributed by atoms with E-state index in [2.05, 4.69) is 30.2 Å². The molecule has 2 amide bonds. The Hall–Kier alpha value is -3.20. The Bertz CT molecular complexity index is 938. The molecule has 0 spiro atoms. The van der Waals surface area contributed by atoms with Crippen LogP contribution in [0.4, 0.5) is 4.79 Å². The monoisotopic (exact) mass is 422 g/mol. The number of pyridine rings is 1. The number of likely N-dealkylation sites (tertiary alicyclic amines) is 1. The maximum Gasteiger partial charge on any atom is 0.317 e. The summed E-state index contributed by atoms with van der Waals surface area (Å²) in [5.41, 5.74) is 9.82. The van der Waals surface area contributed by atoms with Gasteiger partial charge in [0, 0.05) is 74.2 Å². The molecule has 9 heteroatoms. The van der Waals surface area contributed by atoms with Gasteiger partial charge in [0.25, 0.3) is 0 Å². The first-order valence-electron chi connectivity index (χ1n) is 10.7. The molecule has 164 valence electrons. The van der Waals surface area contributed by atoms with E-state index in [0.29, 0.717) is 19.5 Å². The van der Waals surface area contributed by atoms with E-state index < -0.39 is 0 Å². The number of aromatic nitrogens is 3. The highest BCUT2D eigenvalue weighted by molar-refractivity contribution is 6.13. The molecule has 0 radical (unpaired) electrons. The van der Waals surface area contributed by atoms with Gasteiger partial charge in [-0.2, -0.15) is 0 Å². The average molecular weight is 423 g/mol. The van der Waals surface area contributed by atoms with Crippen LogP contribution in [0.3, 0.4) is 0 Å². The third-order valence-electron chi connectivity index (χ3n) is 5.90. The van der Waals surface area contributed by atoms with Crippen LogP contribution in [0, 0.1) is 0 Å². The normalized spacial score (nSPS) is 20.7. The molecule has 4 heterocycles. The lowest BCUT2D eigenvalue weighted by Gasteiger charge is -2.35. The SMILES string of the molecule is CN=C(C1=C(N)CCN(C(=O)NC2CCCN(Cc3ncc[nH]3)C2)C1)c1ccncc1. The quantitative estimate of drug-likeness (QED) is 0.632. The number of urea groups is 1. The van der Waals surface area contributed by atoms with E-state index in [1.54, 1.807) is 25.6 Å². The van der Waals surface area contributed by atoms with Crippen LogP contribution in [0.5, 0.6) is 0 Å². The summed E-state index contributed by atoms with van der Waals surface area (Å²) in [5, 5.41) is 3.23. The number of piperidine rings is 1. The van der Waals surface area contributed by atoms with E-state index in [1.807, 2.05) is 23.2 Å². The number of rotatable bonds is 5. The van der Waals surface area contributed by atoms with Gasteiger partial charge in [-0.1, -0.05) is 0 Å². The molecule has 2 aromatic rings.